The van der Waals surface area contributed by atoms with Crippen molar-refractivity contribution in [3.63, 3.8) is 0 Å². The number of rotatable bonds is 5. The zero-order valence-electron chi connectivity index (χ0n) is 12.3. The van der Waals surface area contributed by atoms with Gasteiger partial charge in [0.05, 0.1) is 5.92 Å². The number of nitrogens with two attached hydrogens (primary N) is 1. The molecule has 0 saturated carbocycles. The van der Waals surface area contributed by atoms with E-state index in [4.69, 9.17) is 5.73 Å². The third-order valence-electron chi connectivity index (χ3n) is 3.44. The van der Waals surface area contributed by atoms with E-state index in [0.717, 1.165) is 12.8 Å². The first kappa shape index (κ1) is 20.7. The van der Waals surface area contributed by atoms with Crippen LogP contribution in [-0.2, 0) is 16.1 Å². The highest BCUT2D eigenvalue weighted by atomic mass is 35.5. The molecule has 1 saturated heterocycles. The minimum atomic E-state index is -0.128. The molecule has 0 spiro atoms. The molecule has 1 aliphatic heterocycles. The third-order valence-corrected chi connectivity index (χ3v) is 3.44. The SMILES string of the molecule is Cl.Cl.NCCNC(=O)C1CCCN(C(=O)Cn2cccn2)C1. The quantitative estimate of drug-likeness (QED) is 0.783. The summed E-state index contributed by atoms with van der Waals surface area (Å²) >= 11 is 0. The van der Waals surface area contributed by atoms with Crippen molar-refractivity contribution < 1.29 is 9.59 Å². The van der Waals surface area contributed by atoms with Gasteiger partial charge in [-0.15, -0.1) is 24.8 Å². The van der Waals surface area contributed by atoms with Gasteiger partial charge in [0.1, 0.15) is 6.54 Å². The molecule has 1 aliphatic rings. The molecule has 2 rings (SSSR count). The van der Waals surface area contributed by atoms with Gasteiger partial charge >= 0.3 is 0 Å². The van der Waals surface area contributed by atoms with Crippen LogP contribution in [0.2, 0.25) is 0 Å². The number of aromatic nitrogens is 2. The van der Waals surface area contributed by atoms with Crippen LogP contribution in [0.5, 0.6) is 0 Å². The lowest BCUT2D eigenvalue weighted by molar-refractivity contribution is -0.136. The molecule has 2 heterocycles. The second-order valence-electron chi connectivity index (χ2n) is 4.96. The monoisotopic (exact) mass is 351 g/mol. The van der Waals surface area contributed by atoms with Gasteiger partial charge in [-0.3, -0.25) is 14.3 Å². The Hall–Kier alpha value is -1.31. The van der Waals surface area contributed by atoms with E-state index in [9.17, 15) is 9.59 Å². The van der Waals surface area contributed by atoms with Crippen LogP contribution in [0.25, 0.3) is 0 Å². The number of carbonyl (C=O) groups excluding carboxylic acids is 2. The van der Waals surface area contributed by atoms with Crippen molar-refractivity contribution >= 4 is 36.6 Å². The summed E-state index contributed by atoms with van der Waals surface area (Å²) < 4.78 is 1.60. The first-order valence-corrected chi connectivity index (χ1v) is 6.93. The molecule has 3 N–H and O–H groups in total. The Balaban J connectivity index is 0.00000220. The van der Waals surface area contributed by atoms with Crippen LogP contribution in [0, 0.1) is 5.92 Å². The van der Waals surface area contributed by atoms with E-state index in [1.54, 1.807) is 28.0 Å². The fraction of sp³-hybridized carbons (Fsp3) is 0.615. The smallest absolute Gasteiger partial charge is 0.244 e. The van der Waals surface area contributed by atoms with E-state index in [0.29, 0.717) is 26.2 Å². The molecule has 0 aliphatic carbocycles. The minimum Gasteiger partial charge on any atom is -0.355 e. The molecular formula is C13H23Cl2N5O2. The van der Waals surface area contributed by atoms with Crippen molar-refractivity contribution in [2.75, 3.05) is 26.2 Å². The highest BCUT2D eigenvalue weighted by molar-refractivity contribution is 5.85. The fourth-order valence-electron chi connectivity index (χ4n) is 2.39. The Morgan fingerprint density at radius 2 is 2.14 bits per heavy atom. The highest BCUT2D eigenvalue weighted by Gasteiger charge is 2.28. The van der Waals surface area contributed by atoms with Gasteiger partial charge in [-0.2, -0.15) is 5.10 Å². The molecular weight excluding hydrogens is 329 g/mol. The predicted octanol–water partition coefficient (Wildman–Crippen LogP) is 0.0402. The first-order valence-electron chi connectivity index (χ1n) is 6.93. The topological polar surface area (TPSA) is 93.3 Å². The van der Waals surface area contributed by atoms with Crippen LogP contribution in [0.15, 0.2) is 18.5 Å². The van der Waals surface area contributed by atoms with E-state index < -0.39 is 0 Å². The zero-order valence-corrected chi connectivity index (χ0v) is 13.9. The molecule has 1 fully saturated rings. The normalized spacial score (nSPS) is 17.1. The van der Waals surface area contributed by atoms with Crippen molar-refractivity contribution in [3.05, 3.63) is 18.5 Å². The van der Waals surface area contributed by atoms with Crippen LogP contribution in [0.4, 0.5) is 0 Å². The first-order chi connectivity index (χ1) is 9.70. The summed E-state index contributed by atoms with van der Waals surface area (Å²) in [7, 11) is 0. The summed E-state index contributed by atoms with van der Waals surface area (Å²) in [5.41, 5.74) is 5.37. The molecule has 7 nitrogen and oxygen atoms in total. The fourth-order valence-corrected chi connectivity index (χ4v) is 2.39. The van der Waals surface area contributed by atoms with Gasteiger partial charge in [0.25, 0.3) is 0 Å². The number of halogens is 2. The zero-order chi connectivity index (χ0) is 14.4. The second kappa shape index (κ2) is 10.4. The molecule has 126 valence electrons. The standard InChI is InChI=1S/C13H21N5O2.2ClH/c14-4-6-15-13(20)11-3-1-7-17(9-11)12(19)10-18-8-2-5-16-18;;/h2,5,8,11H,1,3-4,6-7,9-10,14H2,(H,15,20);2*1H. The number of nitrogens with zero attached hydrogens (tertiary/aromatic N) is 3. The van der Waals surface area contributed by atoms with E-state index in [1.165, 1.54) is 0 Å². The van der Waals surface area contributed by atoms with Gasteiger partial charge in [-0.1, -0.05) is 0 Å². The Morgan fingerprint density at radius 1 is 1.36 bits per heavy atom. The third kappa shape index (κ3) is 5.82. The molecule has 2 amide bonds. The maximum atomic E-state index is 12.2. The Kier molecular flexibility index (Phi) is 9.80. The summed E-state index contributed by atoms with van der Waals surface area (Å²) in [6.45, 7) is 2.33. The van der Waals surface area contributed by atoms with Gasteiger partial charge in [-0.05, 0) is 18.9 Å². The van der Waals surface area contributed by atoms with Crippen molar-refractivity contribution in [3.8, 4) is 0 Å². The number of hydrogen-bond acceptors (Lipinski definition) is 4. The van der Waals surface area contributed by atoms with Crippen LogP contribution in [-0.4, -0.2) is 52.7 Å². The number of piperidine rings is 1. The number of likely N-dealkylation sites (tertiary alicyclic amines) is 1. The van der Waals surface area contributed by atoms with Crippen molar-refractivity contribution in [1.82, 2.24) is 20.0 Å². The van der Waals surface area contributed by atoms with E-state index in [1.807, 2.05) is 0 Å². The van der Waals surface area contributed by atoms with Gasteiger partial charge in [0.2, 0.25) is 11.8 Å². The largest absolute Gasteiger partial charge is 0.355 e. The molecule has 1 atom stereocenters. The van der Waals surface area contributed by atoms with E-state index in [2.05, 4.69) is 10.4 Å². The summed E-state index contributed by atoms with van der Waals surface area (Å²) in [6, 6.07) is 1.78. The van der Waals surface area contributed by atoms with Crippen LogP contribution in [0.1, 0.15) is 12.8 Å². The average molecular weight is 352 g/mol. The van der Waals surface area contributed by atoms with Gasteiger partial charge in [0.15, 0.2) is 0 Å². The summed E-state index contributed by atoms with van der Waals surface area (Å²) in [4.78, 5) is 25.8. The minimum absolute atomic E-state index is 0. The molecule has 0 bridgehead atoms. The highest BCUT2D eigenvalue weighted by Crippen LogP contribution is 2.17. The number of carbonyl (C=O) groups is 2. The number of hydrogen-bond donors (Lipinski definition) is 2. The van der Waals surface area contributed by atoms with Gasteiger partial charge < -0.3 is 16.0 Å². The molecule has 0 aromatic carbocycles. The lowest BCUT2D eigenvalue weighted by Crippen LogP contribution is -2.47. The van der Waals surface area contributed by atoms with Crippen LogP contribution >= 0.6 is 24.8 Å². The molecule has 22 heavy (non-hydrogen) atoms. The molecule has 1 unspecified atom stereocenters. The summed E-state index contributed by atoms with van der Waals surface area (Å²) in [5, 5.41) is 6.81. The number of amides is 2. The molecule has 1 aromatic heterocycles. The van der Waals surface area contributed by atoms with Crippen molar-refractivity contribution in [2.45, 2.75) is 19.4 Å². The lowest BCUT2D eigenvalue weighted by Gasteiger charge is -2.32. The maximum absolute atomic E-state index is 12.2. The van der Waals surface area contributed by atoms with E-state index >= 15 is 0 Å². The lowest BCUT2D eigenvalue weighted by atomic mass is 9.97. The average Bonchev–Trinajstić information content (AvgIpc) is 2.97. The molecule has 9 heteroatoms. The Labute approximate surface area is 142 Å². The van der Waals surface area contributed by atoms with Gasteiger partial charge in [-0.25, -0.2) is 0 Å². The van der Waals surface area contributed by atoms with Crippen molar-refractivity contribution in [1.29, 1.82) is 0 Å². The van der Waals surface area contributed by atoms with E-state index in [-0.39, 0.29) is 49.1 Å². The Bertz CT molecular complexity index is 455. The predicted molar refractivity (Wildman–Crippen MR) is 88.1 cm³/mol. The van der Waals surface area contributed by atoms with Gasteiger partial charge in [0, 0.05) is 38.6 Å². The van der Waals surface area contributed by atoms with Crippen molar-refractivity contribution in [2.24, 2.45) is 11.7 Å². The summed E-state index contributed by atoms with van der Waals surface area (Å²) in [5.74, 6) is -0.131. The van der Waals surface area contributed by atoms with Crippen LogP contribution in [0.3, 0.4) is 0 Å². The van der Waals surface area contributed by atoms with Crippen LogP contribution < -0.4 is 11.1 Å². The summed E-state index contributed by atoms with van der Waals surface area (Å²) in [6.07, 6.45) is 5.08. The maximum Gasteiger partial charge on any atom is 0.244 e. The Morgan fingerprint density at radius 3 is 2.77 bits per heavy atom. The number of nitrogens with one attached hydrogen (secondary N) is 1. The molecule has 1 aromatic rings. The second-order valence-corrected chi connectivity index (χ2v) is 4.96. The molecule has 0 radical (unpaired) electrons.